The maximum Gasteiger partial charge on any atom is 0.258 e. The molecule has 4 aromatic rings. The molecule has 0 radical (unpaired) electrons. The second-order valence-corrected chi connectivity index (χ2v) is 15.6. The van der Waals surface area contributed by atoms with Crippen LogP contribution in [0.2, 0.25) is 0 Å². The van der Waals surface area contributed by atoms with Crippen molar-refractivity contribution in [3.05, 3.63) is 124 Å². The lowest BCUT2D eigenvalue weighted by Crippen LogP contribution is -2.60. The van der Waals surface area contributed by atoms with Crippen LogP contribution >= 0.6 is 23.2 Å². The normalized spacial score (nSPS) is 26.5. The van der Waals surface area contributed by atoms with Crippen molar-refractivity contribution < 1.29 is 55.7 Å². The van der Waals surface area contributed by atoms with E-state index in [1.807, 2.05) is 0 Å². The Morgan fingerprint density at radius 2 is 1.38 bits per heavy atom. The number of amides is 4. The number of hydrogen-bond donors (Lipinski definition) is 1. The zero-order chi connectivity index (χ0) is 41.6. The van der Waals surface area contributed by atoms with Gasteiger partial charge >= 0.3 is 0 Å². The maximum atomic E-state index is 15.3. The van der Waals surface area contributed by atoms with E-state index < -0.39 is 98.2 Å². The number of fused-ring (bicyclic) bond motifs is 4. The van der Waals surface area contributed by atoms with Crippen LogP contribution in [0.3, 0.4) is 0 Å². The van der Waals surface area contributed by atoms with Gasteiger partial charge in [0.25, 0.3) is 11.8 Å². The molecule has 9 nitrogen and oxygen atoms in total. The van der Waals surface area contributed by atoms with Gasteiger partial charge in [0.05, 0.1) is 31.7 Å². The molecule has 0 spiro atoms. The molecule has 1 saturated carbocycles. The number of carbonyl (C=O) groups excluding carboxylic acids is 4. The molecular weight excluding hydrogens is 810 g/mol. The summed E-state index contributed by atoms with van der Waals surface area (Å²) < 4.78 is 84.3. The Kier molecular flexibility index (Phi) is 9.43. The molecule has 8 rings (SSSR count). The molecule has 4 amide bonds. The number of halogens is 7. The highest BCUT2D eigenvalue weighted by Gasteiger charge is 2.77. The van der Waals surface area contributed by atoms with Crippen molar-refractivity contribution in [2.75, 3.05) is 24.0 Å². The molecule has 0 aromatic heterocycles. The van der Waals surface area contributed by atoms with Gasteiger partial charge in [-0.15, -0.1) is 23.2 Å². The quantitative estimate of drug-likeness (QED) is 0.0382. The van der Waals surface area contributed by atoms with E-state index in [2.05, 4.69) is 0 Å². The number of rotatable bonds is 7. The van der Waals surface area contributed by atoms with Crippen molar-refractivity contribution in [2.24, 2.45) is 17.8 Å². The first-order chi connectivity index (χ1) is 27.6. The van der Waals surface area contributed by atoms with Crippen LogP contribution in [0.1, 0.15) is 35.4 Å². The topological polar surface area (TPSA) is 113 Å². The molecule has 16 heteroatoms. The molecule has 4 aromatic carbocycles. The zero-order valence-corrected chi connectivity index (χ0v) is 31.8. The zero-order valence-electron chi connectivity index (χ0n) is 30.2. The summed E-state index contributed by atoms with van der Waals surface area (Å²) in [6, 6.07) is 17.0. The summed E-state index contributed by atoms with van der Waals surface area (Å²) in [5.74, 6) is -20.3. The summed E-state index contributed by atoms with van der Waals surface area (Å²) in [6.07, 6.45) is 4.53. The van der Waals surface area contributed by atoms with Crippen LogP contribution < -0.4 is 19.3 Å². The van der Waals surface area contributed by atoms with Crippen molar-refractivity contribution in [3.8, 4) is 17.2 Å². The van der Waals surface area contributed by atoms with Crippen LogP contribution in [-0.2, 0) is 19.2 Å². The minimum Gasteiger partial charge on any atom is -0.508 e. The standard InChI is InChI=1S/C42H29Cl2F5N2O7/c1-57-24-13-16-28(58-2)21(17-24)6-3-19-4-9-22(10-5-19)50-37(53)26-15-14-25-27(29(26)38(50)54)18-41(43)39(55)51(36-34(48)32(46)31(45)33(47)35(36)49)40(56)42(41,44)30(25)20-7-11-23(52)12-8-20/h3-14,16-17,26-27,29-30,52H,15,18H2,1-2H3/t26-,27+,29-,30-,41+,42-/m0/s1. The number of allylic oxidation sites excluding steroid dienone is 2. The summed E-state index contributed by atoms with van der Waals surface area (Å²) in [5, 5.41) is 10.1. The first kappa shape index (κ1) is 39.1. The summed E-state index contributed by atoms with van der Waals surface area (Å²) in [4.78, 5) is 52.8. The summed E-state index contributed by atoms with van der Waals surface area (Å²) in [6.45, 7) is 0. The lowest BCUT2D eigenvalue weighted by atomic mass is 9.56. The second kappa shape index (κ2) is 14.0. The highest BCUT2D eigenvalue weighted by atomic mass is 35.5. The summed E-state index contributed by atoms with van der Waals surface area (Å²) in [5.41, 5.74) is 0.274. The van der Waals surface area contributed by atoms with Gasteiger partial charge in [-0.25, -0.2) is 26.9 Å². The van der Waals surface area contributed by atoms with Crippen LogP contribution in [0.25, 0.3) is 12.2 Å². The van der Waals surface area contributed by atoms with Gasteiger partial charge in [0.1, 0.15) is 22.9 Å². The number of nitrogens with zero attached hydrogens (tertiary/aromatic N) is 2. The second-order valence-electron chi connectivity index (χ2n) is 14.3. The fraction of sp³-hybridized carbons (Fsp3) is 0.238. The van der Waals surface area contributed by atoms with E-state index in [1.165, 1.54) is 31.4 Å². The Bertz CT molecular complexity index is 2490. The Labute approximate surface area is 336 Å². The maximum absolute atomic E-state index is 15.3. The van der Waals surface area contributed by atoms with Crippen molar-refractivity contribution in [3.63, 3.8) is 0 Å². The first-order valence-electron chi connectivity index (χ1n) is 17.7. The highest BCUT2D eigenvalue weighted by molar-refractivity contribution is 6.58. The number of benzene rings is 4. The molecule has 4 aliphatic rings. The molecular formula is C42H29Cl2F5N2O7. The van der Waals surface area contributed by atoms with E-state index in [0.29, 0.717) is 17.1 Å². The number of alkyl halides is 2. The summed E-state index contributed by atoms with van der Waals surface area (Å²) in [7, 11) is 3.08. The predicted molar refractivity (Wildman–Crippen MR) is 202 cm³/mol. The third-order valence-corrected chi connectivity index (χ3v) is 12.9. The number of carbonyl (C=O) groups is 4. The van der Waals surface area contributed by atoms with E-state index in [4.69, 9.17) is 32.7 Å². The van der Waals surface area contributed by atoms with E-state index in [-0.39, 0.29) is 33.9 Å². The first-order valence-corrected chi connectivity index (χ1v) is 18.5. The Morgan fingerprint density at radius 3 is 2.00 bits per heavy atom. The van der Waals surface area contributed by atoms with Crippen LogP contribution in [0.4, 0.5) is 33.3 Å². The molecule has 3 fully saturated rings. The molecule has 6 atom stereocenters. The Balaban J connectivity index is 1.17. The fourth-order valence-corrected chi connectivity index (χ4v) is 9.69. The third-order valence-electron chi connectivity index (χ3n) is 11.5. The van der Waals surface area contributed by atoms with Gasteiger partial charge in [-0.1, -0.05) is 48.1 Å². The number of phenols is 1. The van der Waals surface area contributed by atoms with Crippen molar-refractivity contribution in [1.29, 1.82) is 0 Å². The Morgan fingerprint density at radius 1 is 0.741 bits per heavy atom. The SMILES string of the molecule is COc1ccc(OC)c(C=Cc2ccc(N3C(=O)[C@H]4[C@H](CC=C5[C@H]4C[C@@]4(Cl)C(=O)N(c6c(F)c(F)c(F)c(F)c6F)C(=O)[C@@]4(Cl)[C@H]5c4ccc(O)cc4)C3=O)cc2)c1. The average molecular weight is 840 g/mol. The van der Waals surface area contributed by atoms with Crippen LogP contribution in [0, 0.1) is 46.8 Å². The number of imide groups is 2. The number of methoxy groups -OCH3 is 2. The molecule has 2 aliphatic carbocycles. The number of anilines is 2. The number of ether oxygens (including phenoxy) is 2. The molecule has 2 aliphatic heterocycles. The van der Waals surface area contributed by atoms with Gasteiger partial charge in [-0.2, -0.15) is 0 Å². The number of aromatic hydroxyl groups is 1. The molecule has 1 N–H and O–H groups in total. The number of phenolic OH excluding ortho intramolecular Hbond substituents is 1. The van der Waals surface area contributed by atoms with Crippen molar-refractivity contribution in [1.82, 2.24) is 0 Å². The van der Waals surface area contributed by atoms with E-state index in [1.54, 1.807) is 67.8 Å². The van der Waals surface area contributed by atoms with Crippen LogP contribution in [0.15, 0.2) is 78.4 Å². The average Bonchev–Trinajstić information content (AvgIpc) is 3.56. The fourth-order valence-electron chi connectivity index (χ4n) is 8.75. The molecule has 58 heavy (non-hydrogen) atoms. The van der Waals surface area contributed by atoms with Gasteiger partial charge in [-0.05, 0) is 72.4 Å². The lowest BCUT2D eigenvalue weighted by Gasteiger charge is -2.50. The highest BCUT2D eigenvalue weighted by Crippen LogP contribution is 2.66. The molecule has 298 valence electrons. The Hall–Kier alpha value is -5.73. The van der Waals surface area contributed by atoms with E-state index >= 15 is 8.78 Å². The van der Waals surface area contributed by atoms with E-state index in [0.717, 1.165) is 10.5 Å². The van der Waals surface area contributed by atoms with Crippen LogP contribution in [-0.4, -0.2) is 52.7 Å². The van der Waals surface area contributed by atoms with Gasteiger partial charge in [0.2, 0.25) is 17.6 Å². The molecule has 0 unspecified atom stereocenters. The monoisotopic (exact) mass is 838 g/mol. The molecule has 2 heterocycles. The largest absolute Gasteiger partial charge is 0.508 e. The van der Waals surface area contributed by atoms with E-state index in [9.17, 15) is 37.5 Å². The van der Waals surface area contributed by atoms with Crippen molar-refractivity contribution >= 4 is 70.4 Å². The predicted octanol–water partition coefficient (Wildman–Crippen LogP) is 8.04. The van der Waals surface area contributed by atoms with Crippen molar-refractivity contribution in [2.45, 2.75) is 28.5 Å². The summed E-state index contributed by atoms with van der Waals surface area (Å²) >= 11 is 14.3. The van der Waals surface area contributed by atoms with Gasteiger partial charge in [0.15, 0.2) is 33.0 Å². The minimum atomic E-state index is -2.67. The van der Waals surface area contributed by atoms with Gasteiger partial charge < -0.3 is 14.6 Å². The van der Waals surface area contributed by atoms with Gasteiger partial charge in [0, 0.05) is 11.5 Å². The molecule has 2 saturated heterocycles. The third kappa shape index (κ3) is 5.48. The van der Waals surface area contributed by atoms with Crippen LogP contribution in [0.5, 0.6) is 17.2 Å². The number of hydrogen-bond acceptors (Lipinski definition) is 7. The molecule has 0 bridgehead atoms. The van der Waals surface area contributed by atoms with Gasteiger partial charge in [-0.3, -0.25) is 24.1 Å². The smallest absolute Gasteiger partial charge is 0.258 e. The minimum absolute atomic E-state index is 0.0267. The lowest BCUT2D eigenvalue weighted by molar-refractivity contribution is -0.125.